The van der Waals surface area contributed by atoms with Crippen LogP contribution in [0.5, 0.6) is 5.75 Å². The second-order valence-electron chi connectivity index (χ2n) is 5.02. The molecule has 2 N–H and O–H groups in total. The fourth-order valence-electron chi connectivity index (χ4n) is 2.01. The van der Waals surface area contributed by atoms with E-state index in [0.29, 0.717) is 22.7 Å². The maximum absolute atomic E-state index is 14.2. The SMILES string of the molecule is C=C(CN)COc1ccc(-c2nc3ccc(Cl)cc3s2)cc1F. The number of hydrogen-bond acceptors (Lipinski definition) is 4. The lowest BCUT2D eigenvalue weighted by Crippen LogP contribution is -2.10. The van der Waals surface area contributed by atoms with E-state index in [9.17, 15) is 4.39 Å². The van der Waals surface area contributed by atoms with Crippen LogP contribution in [-0.2, 0) is 0 Å². The van der Waals surface area contributed by atoms with Gasteiger partial charge >= 0.3 is 0 Å². The Morgan fingerprint density at radius 1 is 1.30 bits per heavy atom. The summed E-state index contributed by atoms with van der Waals surface area (Å²) in [5.41, 5.74) is 7.68. The average Bonchev–Trinajstić information content (AvgIpc) is 2.96. The average molecular weight is 349 g/mol. The van der Waals surface area contributed by atoms with Crippen LogP contribution in [0.3, 0.4) is 0 Å². The van der Waals surface area contributed by atoms with Crippen molar-refractivity contribution in [1.82, 2.24) is 4.98 Å². The molecule has 0 saturated heterocycles. The monoisotopic (exact) mass is 348 g/mol. The summed E-state index contributed by atoms with van der Waals surface area (Å²) >= 11 is 7.45. The van der Waals surface area contributed by atoms with E-state index in [1.165, 1.54) is 17.4 Å². The van der Waals surface area contributed by atoms with Crippen molar-refractivity contribution < 1.29 is 9.13 Å². The first-order chi connectivity index (χ1) is 11.1. The van der Waals surface area contributed by atoms with E-state index < -0.39 is 5.82 Å². The molecule has 0 atom stereocenters. The summed E-state index contributed by atoms with van der Waals surface area (Å²) in [5, 5.41) is 1.39. The zero-order chi connectivity index (χ0) is 16.4. The van der Waals surface area contributed by atoms with Crippen molar-refractivity contribution in [2.45, 2.75) is 0 Å². The molecule has 0 amide bonds. The van der Waals surface area contributed by atoms with Gasteiger partial charge in [-0.15, -0.1) is 11.3 Å². The molecule has 118 valence electrons. The number of nitrogens with zero attached hydrogens (tertiary/aromatic N) is 1. The van der Waals surface area contributed by atoms with E-state index in [4.69, 9.17) is 22.1 Å². The van der Waals surface area contributed by atoms with Gasteiger partial charge in [0.05, 0.1) is 10.2 Å². The molecule has 0 aliphatic heterocycles. The first kappa shape index (κ1) is 15.9. The van der Waals surface area contributed by atoms with Crippen molar-refractivity contribution in [1.29, 1.82) is 0 Å². The summed E-state index contributed by atoms with van der Waals surface area (Å²) in [5.74, 6) is -0.267. The van der Waals surface area contributed by atoms with Crippen LogP contribution in [0.1, 0.15) is 0 Å². The molecule has 0 aliphatic rings. The second kappa shape index (κ2) is 6.66. The summed E-state index contributed by atoms with van der Waals surface area (Å²) in [4.78, 5) is 4.50. The van der Waals surface area contributed by atoms with Gasteiger partial charge in [0.2, 0.25) is 0 Å². The van der Waals surface area contributed by atoms with Crippen molar-refractivity contribution in [3.8, 4) is 16.3 Å². The van der Waals surface area contributed by atoms with Crippen molar-refractivity contribution in [2.24, 2.45) is 5.73 Å². The van der Waals surface area contributed by atoms with Crippen LogP contribution in [0.15, 0.2) is 48.6 Å². The zero-order valence-electron chi connectivity index (χ0n) is 12.2. The molecule has 2 aromatic carbocycles. The molecule has 3 aromatic rings. The van der Waals surface area contributed by atoms with Crippen LogP contribution >= 0.6 is 22.9 Å². The van der Waals surface area contributed by atoms with Crippen LogP contribution in [-0.4, -0.2) is 18.1 Å². The highest BCUT2D eigenvalue weighted by Crippen LogP contribution is 2.33. The van der Waals surface area contributed by atoms with Crippen LogP contribution in [0.2, 0.25) is 5.02 Å². The molecule has 6 heteroatoms. The van der Waals surface area contributed by atoms with E-state index in [2.05, 4.69) is 11.6 Å². The van der Waals surface area contributed by atoms with E-state index >= 15 is 0 Å². The molecule has 3 rings (SSSR count). The molecule has 23 heavy (non-hydrogen) atoms. The minimum atomic E-state index is -0.440. The van der Waals surface area contributed by atoms with Gasteiger partial charge in [-0.2, -0.15) is 0 Å². The molecule has 0 bridgehead atoms. The lowest BCUT2D eigenvalue weighted by molar-refractivity contribution is 0.331. The van der Waals surface area contributed by atoms with E-state index in [0.717, 1.165) is 15.2 Å². The Hall–Kier alpha value is -1.95. The topological polar surface area (TPSA) is 48.1 Å². The van der Waals surface area contributed by atoms with Gasteiger partial charge < -0.3 is 10.5 Å². The summed E-state index contributed by atoms with van der Waals surface area (Å²) in [6.07, 6.45) is 0. The van der Waals surface area contributed by atoms with Gasteiger partial charge in [-0.25, -0.2) is 9.37 Å². The predicted molar refractivity (Wildman–Crippen MR) is 93.7 cm³/mol. The van der Waals surface area contributed by atoms with Crippen molar-refractivity contribution in [3.05, 3.63) is 59.4 Å². The smallest absolute Gasteiger partial charge is 0.165 e. The molecular weight excluding hydrogens is 335 g/mol. The number of nitrogens with two attached hydrogens (primary N) is 1. The van der Waals surface area contributed by atoms with Crippen molar-refractivity contribution in [2.75, 3.05) is 13.2 Å². The fraction of sp³-hybridized carbons (Fsp3) is 0.118. The summed E-state index contributed by atoms with van der Waals surface area (Å²) in [6, 6.07) is 10.3. The fourth-order valence-corrected chi connectivity index (χ4v) is 3.25. The second-order valence-corrected chi connectivity index (χ2v) is 6.49. The number of fused-ring (bicyclic) bond motifs is 1. The maximum Gasteiger partial charge on any atom is 0.165 e. The number of halogens is 2. The maximum atomic E-state index is 14.2. The van der Waals surface area contributed by atoms with E-state index in [1.807, 2.05) is 12.1 Å². The molecule has 1 aromatic heterocycles. The van der Waals surface area contributed by atoms with Gasteiger partial charge in [0.1, 0.15) is 11.6 Å². The number of aromatic nitrogens is 1. The van der Waals surface area contributed by atoms with Gasteiger partial charge in [0.15, 0.2) is 11.6 Å². The number of hydrogen-bond donors (Lipinski definition) is 1. The first-order valence-electron chi connectivity index (χ1n) is 6.92. The lowest BCUT2D eigenvalue weighted by atomic mass is 10.2. The number of rotatable bonds is 5. The Labute approximate surface area is 142 Å². The molecule has 0 radical (unpaired) electrons. The van der Waals surface area contributed by atoms with E-state index in [1.54, 1.807) is 18.2 Å². The van der Waals surface area contributed by atoms with Crippen LogP contribution in [0.4, 0.5) is 4.39 Å². The minimum absolute atomic E-state index is 0.174. The molecule has 1 heterocycles. The third-order valence-electron chi connectivity index (χ3n) is 3.25. The van der Waals surface area contributed by atoms with Gasteiger partial charge in [-0.05, 0) is 42.0 Å². The molecule has 3 nitrogen and oxygen atoms in total. The minimum Gasteiger partial charge on any atom is -0.486 e. The standard InChI is InChI=1S/C17H14ClFN2OS/c1-10(8-20)9-22-15-5-2-11(6-13(15)19)17-21-14-4-3-12(18)7-16(14)23-17/h2-7H,1,8-9,20H2. The van der Waals surface area contributed by atoms with Crippen molar-refractivity contribution >= 4 is 33.2 Å². The molecule has 0 aliphatic carbocycles. The third kappa shape index (κ3) is 3.52. The van der Waals surface area contributed by atoms with Gasteiger partial charge in [-0.3, -0.25) is 0 Å². The Kier molecular flexibility index (Phi) is 4.61. The first-order valence-corrected chi connectivity index (χ1v) is 8.12. The Balaban J connectivity index is 1.87. The Morgan fingerprint density at radius 3 is 2.87 bits per heavy atom. The summed E-state index contributed by atoms with van der Waals surface area (Å²) in [7, 11) is 0. The highest BCUT2D eigenvalue weighted by molar-refractivity contribution is 7.21. The molecule has 0 fully saturated rings. The Bertz CT molecular complexity index is 878. The van der Waals surface area contributed by atoms with Gasteiger partial charge in [0.25, 0.3) is 0 Å². The zero-order valence-corrected chi connectivity index (χ0v) is 13.8. The summed E-state index contributed by atoms with van der Waals surface area (Å²) in [6.45, 7) is 4.24. The quantitative estimate of drug-likeness (QED) is 0.683. The third-order valence-corrected chi connectivity index (χ3v) is 4.55. The van der Waals surface area contributed by atoms with Crippen molar-refractivity contribution in [3.63, 3.8) is 0 Å². The number of thiazole rings is 1. The highest BCUT2D eigenvalue weighted by Gasteiger charge is 2.11. The van der Waals surface area contributed by atoms with Crippen LogP contribution < -0.4 is 10.5 Å². The largest absolute Gasteiger partial charge is 0.486 e. The van der Waals surface area contributed by atoms with Crippen LogP contribution in [0.25, 0.3) is 20.8 Å². The molecular formula is C17H14ClFN2OS. The van der Waals surface area contributed by atoms with E-state index in [-0.39, 0.29) is 12.4 Å². The normalized spacial score (nSPS) is 10.9. The van der Waals surface area contributed by atoms with Gasteiger partial charge in [-0.1, -0.05) is 18.2 Å². The van der Waals surface area contributed by atoms with Crippen LogP contribution in [0, 0.1) is 5.82 Å². The van der Waals surface area contributed by atoms with Gasteiger partial charge in [0, 0.05) is 17.1 Å². The molecule has 0 spiro atoms. The molecule has 0 unspecified atom stereocenters. The molecule has 0 saturated carbocycles. The number of benzene rings is 2. The predicted octanol–water partition coefficient (Wildman–Crippen LogP) is 4.65. The Morgan fingerprint density at radius 2 is 2.13 bits per heavy atom. The number of ether oxygens (including phenoxy) is 1. The highest BCUT2D eigenvalue weighted by atomic mass is 35.5. The summed E-state index contributed by atoms with van der Waals surface area (Å²) < 4.78 is 20.5. The lowest BCUT2D eigenvalue weighted by Gasteiger charge is -2.08.